The first-order valence-electron chi connectivity index (χ1n) is 5.79. The predicted molar refractivity (Wildman–Crippen MR) is 66.7 cm³/mol. The highest BCUT2D eigenvalue weighted by molar-refractivity contribution is 5.85. The molecule has 2 aromatic heterocycles. The van der Waals surface area contributed by atoms with E-state index in [0.717, 1.165) is 16.6 Å². The summed E-state index contributed by atoms with van der Waals surface area (Å²) in [7, 11) is 0. The van der Waals surface area contributed by atoms with E-state index in [9.17, 15) is 4.79 Å². The highest BCUT2D eigenvalue weighted by Crippen LogP contribution is 2.19. The maximum absolute atomic E-state index is 10.9. The summed E-state index contributed by atoms with van der Waals surface area (Å²) in [6.45, 7) is 0.455. The molecule has 0 saturated heterocycles. The fourth-order valence-electron chi connectivity index (χ4n) is 2.06. The van der Waals surface area contributed by atoms with Crippen LogP contribution in [0.25, 0.3) is 10.9 Å². The topological polar surface area (TPSA) is 81.1 Å². The van der Waals surface area contributed by atoms with Gasteiger partial charge in [-0.15, -0.1) is 0 Å². The van der Waals surface area contributed by atoms with Gasteiger partial charge in [-0.1, -0.05) is 23.4 Å². The van der Waals surface area contributed by atoms with Gasteiger partial charge in [-0.3, -0.25) is 9.48 Å². The number of hydrogen-bond donors (Lipinski definition) is 1. The molecule has 0 amide bonds. The second-order valence-electron chi connectivity index (χ2n) is 4.18. The summed E-state index contributed by atoms with van der Waals surface area (Å²) in [6.07, 6.45) is 1.41. The minimum atomic E-state index is -0.892. The minimum Gasteiger partial charge on any atom is -0.481 e. The molecule has 0 fully saturated rings. The lowest BCUT2D eigenvalue weighted by Gasteiger charge is -1.99. The smallest absolute Gasteiger partial charge is 0.309 e. The molecule has 1 N–H and O–H groups in total. The standard InChI is InChI=1S/C13H11N3O3/c17-13(18)7-11-10-3-1-2-4-12(10)16(14-11)8-9-5-6-19-15-9/h1-6H,7-8H2,(H,17,18). The molecule has 3 aromatic rings. The van der Waals surface area contributed by atoms with Crippen LogP contribution >= 0.6 is 0 Å². The highest BCUT2D eigenvalue weighted by Gasteiger charge is 2.13. The van der Waals surface area contributed by atoms with E-state index >= 15 is 0 Å². The van der Waals surface area contributed by atoms with E-state index in [1.807, 2.05) is 24.3 Å². The average molecular weight is 257 g/mol. The number of rotatable bonds is 4. The zero-order valence-corrected chi connectivity index (χ0v) is 9.98. The van der Waals surface area contributed by atoms with Crippen molar-refractivity contribution in [3.05, 3.63) is 48.0 Å². The third-order valence-electron chi connectivity index (χ3n) is 2.86. The van der Waals surface area contributed by atoms with Crippen LogP contribution in [0.3, 0.4) is 0 Å². The van der Waals surface area contributed by atoms with Gasteiger partial charge in [0, 0.05) is 11.5 Å². The molecule has 2 heterocycles. The van der Waals surface area contributed by atoms with E-state index in [1.54, 1.807) is 10.7 Å². The fourth-order valence-corrected chi connectivity index (χ4v) is 2.06. The Labute approximate surface area is 108 Å². The van der Waals surface area contributed by atoms with Gasteiger partial charge >= 0.3 is 5.97 Å². The molecule has 0 spiro atoms. The number of carbonyl (C=O) groups is 1. The summed E-state index contributed by atoms with van der Waals surface area (Å²) in [5.41, 5.74) is 2.20. The molecule has 0 unspecified atom stereocenters. The predicted octanol–water partition coefficient (Wildman–Crippen LogP) is 1.70. The molecular formula is C13H11N3O3. The van der Waals surface area contributed by atoms with Crippen molar-refractivity contribution >= 4 is 16.9 Å². The van der Waals surface area contributed by atoms with E-state index in [4.69, 9.17) is 9.63 Å². The molecule has 3 rings (SSSR count). The van der Waals surface area contributed by atoms with Crippen LogP contribution in [0.1, 0.15) is 11.4 Å². The van der Waals surface area contributed by atoms with Crippen LogP contribution < -0.4 is 0 Å². The minimum absolute atomic E-state index is 0.0909. The molecule has 0 atom stereocenters. The van der Waals surface area contributed by atoms with Crippen molar-refractivity contribution in [2.45, 2.75) is 13.0 Å². The Bertz CT molecular complexity index is 716. The number of hydrogen-bond acceptors (Lipinski definition) is 4. The van der Waals surface area contributed by atoms with Crippen LogP contribution in [0.4, 0.5) is 0 Å². The fraction of sp³-hybridized carbons (Fsp3) is 0.154. The van der Waals surface area contributed by atoms with Gasteiger partial charge in [0.05, 0.1) is 24.2 Å². The molecule has 96 valence electrons. The quantitative estimate of drug-likeness (QED) is 0.769. The zero-order valence-electron chi connectivity index (χ0n) is 9.98. The maximum atomic E-state index is 10.9. The Kier molecular flexibility index (Phi) is 2.75. The van der Waals surface area contributed by atoms with Crippen molar-refractivity contribution in [3.63, 3.8) is 0 Å². The van der Waals surface area contributed by atoms with E-state index in [-0.39, 0.29) is 6.42 Å². The molecule has 0 aliphatic carbocycles. The number of carboxylic acids is 1. The lowest BCUT2D eigenvalue weighted by atomic mass is 10.2. The van der Waals surface area contributed by atoms with E-state index in [1.165, 1.54) is 6.26 Å². The molecule has 1 aromatic carbocycles. The van der Waals surface area contributed by atoms with Crippen LogP contribution in [-0.4, -0.2) is 26.0 Å². The number of fused-ring (bicyclic) bond motifs is 1. The maximum Gasteiger partial charge on any atom is 0.309 e. The monoisotopic (exact) mass is 257 g/mol. The van der Waals surface area contributed by atoms with Crippen molar-refractivity contribution in [2.24, 2.45) is 0 Å². The number of aliphatic carboxylic acids is 1. The van der Waals surface area contributed by atoms with Gasteiger partial charge in [0.15, 0.2) is 0 Å². The van der Waals surface area contributed by atoms with Crippen LogP contribution in [0.5, 0.6) is 0 Å². The van der Waals surface area contributed by atoms with Crippen molar-refractivity contribution in [1.29, 1.82) is 0 Å². The van der Waals surface area contributed by atoms with Crippen molar-refractivity contribution in [1.82, 2.24) is 14.9 Å². The SMILES string of the molecule is O=C(O)Cc1nn(Cc2ccon2)c2ccccc12. The third kappa shape index (κ3) is 2.20. The Morgan fingerprint density at radius 1 is 1.32 bits per heavy atom. The molecule has 19 heavy (non-hydrogen) atoms. The van der Waals surface area contributed by atoms with Gasteiger partial charge < -0.3 is 9.63 Å². The van der Waals surface area contributed by atoms with E-state index < -0.39 is 5.97 Å². The largest absolute Gasteiger partial charge is 0.481 e. The molecule has 0 bridgehead atoms. The lowest BCUT2D eigenvalue weighted by Crippen LogP contribution is -2.05. The normalized spacial score (nSPS) is 10.9. The van der Waals surface area contributed by atoms with E-state index in [2.05, 4.69) is 10.3 Å². The number of para-hydroxylation sites is 1. The Morgan fingerprint density at radius 3 is 2.89 bits per heavy atom. The Hall–Kier alpha value is -2.63. The number of benzene rings is 1. The molecular weight excluding hydrogens is 246 g/mol. The molecule has 6 heteroatoms. The second kappa shape index (κ2) is 4.56. The third-order valence-corrected chi connectivity index (χ3v) is 2.86. The lowest BCUT2D eigenvalue weighted by molar-refractivity contribution is -0.136. The molecule has 0 aliphatic rings. The van der Waals surface area contributed by atoms with Gasteiger partial charge in [-0.25, -0.2) is 0 Å². The van der Waals surface area contributed by atoms with Crippen LogP contribution in [-0.2, 0) is 17.8 Å². The van der Waals surface area contributed by atoms with E-state index in [0.29, 0.717) is 12.2 Å². The highest BCUT2D eigenvalue weighted by atomic mass is 16.5. The average Bonchev–Trinajstić information content (AvgIpc) is 2.99. The molecule has 0 radical (unpaired) electrons. The van der Waals surface area contributed by atoms with Crippen LogP contribution in [0, 0.1) is 0 Å². The molecule has 0 saturated carbocycles. The molecule has 6 nitrogen and oxygen atoms in total. The summed E-state index contributed by atoms with van der Waals surface area (Å²) in [5.74, 6) is -0.892. The van der Waals surface area contributed by atoms with Crippen molar-refractivity contribution in [2.75, 3.05) is 0 Å². The number of aromatic nitrogens is 3. The van der Waals surface area contributed by atoms with Crippen molar-refractivity contribution in [3.8, 4) is 0 Å². The summed E-state index contributed by atoms with van der Waals surface area (Å²) in [5, 5.41) is 18.0. The van der Waals surface area contributed by atoms with Crippen molar-refractivity contribution < 1.29 is 14.4 Å². The van der Waals surface area contributed by atoms with Gasteiger partial charge in [0.25, 0.3) is 0 Å². The first kappa shape index (κ1) is 11.5. The number of carboxylic acid groups (broad SMARTS) is 1. The van der Waals surface area contributed by atoms with Crippen LogP contribution in [0.2, 0.25) is 0 Å². The summed E-state index contributed by atoms with van der Waals surface area (Å²) < 4.78 is 6.53. The van der Waals surface area contributed by atoms with Gasteiger partial charge in [0.1, 0.15) is 12.0 Å². The second-order valence-corrected chi connectivity index (χ2v) is 4.18. The zero-order chi connectivity index (χ0) is 13.2. The van der Waals surface area contributed by atoms with Gasteiger partial charge in [0.2, 0.25) is 0 Å². The Balaban J connectivity index is 2.06. The first-order valence-corrected chi connectivity index (χ1v) is 5.79. The molecule has 0 aliphatic heterocycles. The van der Waals surface area contributed by atoms with Gasteiger partial charge in [-0.05, 0) is 6.07 Å². The number of nitrogens with zero attached hydrogens (tertiary/aromatic N) is 3. The van der Waals surface area contributed by atoms with Gasteiger partial charge in [-0.2, -0.15) is 5.10 Å². The summed E-state index contributed by atoms with van der Waals surface area (Å²) in [6, 6.07) is 9.31. The summed E-state index contributed by atoms with van der Waals surface area (Å²) >= 11 is 0. The first-order chi connectivity index (χ1) is 9.24. The summed E-state index contributed by atoms with van der Waals surface area (Å²) in [4.78, 5) is 10.9. The Morgan fingerprint density at radius 2 is 2.16 bits per heavy atom. The van der Waals surface area contributed by atoms with Crippen LogP contribution in [0.15, 0.2) is 41.1 Å².